The number of alkyl halides is 2. The van der Waals surface area contributed by atoms with E-state index in [0.717, 1.165) is 17.7 Å². The zero-order valence-electron chi connectivity index (χ0n) is 10.1. The highest BCUT2D eigenvalue weighted by molar-refractivity contribution is 7.13. The summed E-state index contributed by atoms with van der Waals surface area (Å²) in [5.41, 5.74) is -0.180. The van der Waals surface area contributed by atoms with Gasteiger partial charge in [0.05, 0.1) is 15.2 Å². The lowest BCUT2D eigenvalue weighted by Gasteiger charge is -2.09. The molecule has 0 aliphatic carbocycles. The Labute approximate surface area is 119 Å². The van der Waals surface area contributed by atoms with Crippen LogP contribution in [0.1, 0.15) is 0 Å². The van der Waals surface area contributed by atoms with Gasteiger partial charge in [0.2, 0.25) is 0 Å². The van der Waals surface area contributed by atoms with Crippen LogP contribution >= 0.6 is 11.5 Å². The molecule has 0 aliphatic heterocycles. The van der Waals surface area contributed by atoms with Gasteiger partial charge in [-0.05, 0) is 23.7 Å². The number of hydrogen-bond acceptors (Lipinski definition) is 6. The number of hydrogen-bond donors (Lipinski definition) is 1. The Balaban J connectivity index is 2.23. The second-order valence-corrected chi connectivity index (χ2v) is 4.81. The number of nitro groups is 1. The first kappa shape index (κ1) is 13.4. The number of halogens is 2. The molecular formula is C11H6F2N4O3S. The topological polar surface area (TPSA) is 93.9 Å². The van der Waals surface area contributed by atoms with Crippen molar-refractivity contribution in [3.63, 3.8) is 0 Å². The highest BCUT2D eigenvalue weighted by atomic mass is 32.1. The van der Waals surface area contributed by atoms with Gasteiger partial charge in [0.15, 0.2) is 0 Å². The maximum atomic E-state index is 12.5. The van der Waals surface area contributed by atoms with Crippen molar-refractivity contribution in [1.29, 1.82) is 0 Å². The van der Waals surface area contributed by atoms with E-state index in [1.807, 2.05) is 0 Å². The van der Waals surface area contributed by atoms with Crippen molar-refractivity contribution >= 4 is 27.3 Å². The van der Waals surface area contributed by atoms with Gasteiger partial charge in [-0.3, -0.25) is 15.2 Å². The van der Waals surface area contributed by atoms with Crippen LogP contribution in [0.2, 0.25) is 0 Å². The van der Waals surface area contributed by atoms with Gasteiger partial charge in [-0.25, -0.2) is 0 Å². The van der Waals surface area contributed by atoms with Crippen LogP contribution in [-0.2, 0) is 0 Å². The first-order chi connectivity index (χ1) is 10.1. The van der Waals surface area contributed by atoms with E-state index in [4.69, 9.17) is 0 Å². The van der Waals surface area contributed by atoms with Gasteiger partial charge >= 0.3 is 12.3 Å². The van der Waals surface area contributed by atoms with E-state index in [9.17, 15) is 18.9 Å². The van der Waals surface area contributed by atoms with Crippen LogP contribution in [0.3, 0.4) is 0 Å². The third-order valence-corrected chi connectivity index (χ3v) is 3.52. The standard InChI is InChI=1S/C11H6F2N4O3S/c12-11(13)20-8-1-5-3-15-21-9(5)2-6(8)10-7(17(18)19)4-14-16-10/h1-4,11H,(H,14,16). The normalized spacial score (nSPS) is 11.2. The Morgan fingerprint density at radius 1 is 1.38 bits per heavy atom. The lowest BCUT2D eigenvalue weighted by Crippen LogP contribution is -2.03. The van der Waals surface area contributed by atoms with Gasteiger partial charge in [-0.1, -0.05) is 0 Å². The molecule has 21 heavy (non-hydrogen) atoms. The summed E-state index contributed by atoms with van der Waals surface area (Å²) >= 11 is 1.14. The number of ether oxygens (including phenoxy) is 1. The van der Waals surface area contributed by atoms with Gasteiger partial charge < -0.3 is 4.74 Å². The SMILES string of the molecule is O=[N+]([O-])c1cn[nH]c1-c1cc2sncc2cc1OC(F)F. The van der Waals surface area contributed by atoms with Crippen molar-refractivity contribution in [3.05, 3.63) is 34.6 Å². The minimum atomic E-state index is -3.05. The first-order valence-corrected chi connectivity index (χ1v) is 6.35. The first-order valence-electron chi connectivity index (χ1n) is 5.57. The van der Waals surface area contributed by atoms with E-state index < -0.39 is 11.5 Å². The molecule has 7 nitrogen and oxygen atoms in total. The Bertz CT molecular complexity index is 817. The molecule has 0 atom stereocenters. The van der Waals surface area contributed by atoms with Crippen molar-refractivity contribution in [1.82, 2.24) is 14.6 Å². The van der Waals surface area contributed by atoms with Crippen LogP contribution in [0, 0.1) is 10.1 Å². The van der Waals surface area contributed by atoms with E-state index in [1.165, 1.54) is 18.3 Å². The van der Waals surface area contributed by atoms with Gasteiger partial charge in [0, 0.05) is 11.6 Å². The molecule has 0 aliphatic rings. The summed E-state index contributed by atoms with van der Waals surface area (Å²) < 4.78 is 34.1. The van der Waals surface area contributed by atoms with E-state index >= 15 is 0 Å². The number of aromatic amines is 1. The summed E-state index contributed by atoms with van der Waals surface area (Å²) in [6.07, 6.45) is 2.52. The molecule has 0 fully saturated rings. The number of rotatable bonds is 4. The monoisotopic (exact) mass is 312 g/mol. The quantitative estimate of drug-likeness (QED) is 0.589. The number of aromatic nitrogens is 3. The molecule has 10 heteroatoms. The molecule has 2 aromatic heterocycles. The van der Waals surface area contributed by atoms with Crippen LogP contribution < -0.4 is 4.74 Å². The number of fused-ring (bicyclic) bond motifs is 1. The number of nitrogens with zero attached hydrogens (tertiary/aromatic N) is 3. The smallest absolute Gasteiger partial charge is 0.387 e. The minimum absolute atomic E-state index is 0.00551. The van der Waals surface area contributed by atoms with Crippen molar-refractivity contribution < 1.29 is 18.4 Å². The van der Waals surface area contributed by atoms with E-state index in [2.05, 4.69) is 19.3 Å². The van der Waals surface area contributed by atoms with Crippen LogP contribution in [0.4, 0.5) is 14.5 Å². The minimum Gasteiger partial charge on any atom is -0.434 e. The zero-order valence-corrected chi connectivity index (χ0v) is 10.9. The Morgan fingerprint density at radius 3 is 2.90 bits per heavy atom. The highest BCUT2D eigenvalue weighted by Gasteiger charge is 2.23. The fourth-order valence-electron chi connectivity index (χ4n) is 1.90. The number of nitrogens with one attached hydrogen (secondary N) is 1. The molecule has 3 aromatic rings. The summed E-state index contributed by atoms with van der Waals surface area (Å²) in [6, 6.07) is 2.87. The summed E-state index contributed by atoms with van der Waals surface area (Å²) in [5, 5.41) is 17.6. The molecule has 0 amide bonds. The molecule has 3 rings (SSSR count). The zero-order chi connectivity index (χ0) is 15.0. The predicted octanol–water partition coefficient (Wildman–Crippen LogP) is 3.20. The maximum Gasteiger partial charge on any atom is 0.387 e. The van der Waals surface area contributed by atoms with Crippen LogP contribution in [0.15, 0.2) is 24.5 Å². The molecule has 1 aromatic carbocycles. The lowest BCUT2D eigenvalue weighted by molar-refractivity contribution is -0.384. The average Bonchev–Trinajstić information content (AvgIpc) is 3.04. The fourth-order valence-corrected chi connectivity index (χ4v) is 2.57. The summed E-state index contributed by atoms with van der Waals surface area (Å²) in [6.45, 7) is -3.05. The highest BCUT2D eigenvalue weighted by Crippen LogP contribution is 2.38. The van der Waals surface area contributed by atoms with Gasteiger partial charge in [-0.2, -0.15) is 18.3 Å². The summed E-state index contributed by atoms with van der Waals surface area (Å²) in [4.78, 5) is 10.3. The number of H-pyrrole nitrogens is 1. The lowest BCUT2D eigenvalue weighted by atomic mass is 10.1. The third kappa shape index (κ3) is 2.40. The summed E-state index contributed by atoms with van der Waals surface area (Å²) in [7, 11) is 0. The van der Waals surface area contributed by atoms with Gasteiger partial charge in [0.1, 0.15) is 17.6 Å². The molecule has 0 saturated carbocycles. The Hall–Kier alpha value is -2.62. The molecule has 0 spiro atoms. The molecular weight excluding hydrogens is 306 g/mol. The molecule has 108 valence electrons. The molecule has 0 bridgehead atoms. The predicted molar refractivity (Wildman–Crippen MR) is 70.5 cm³/mol. The van der Waals surface area contributed by atoms with Gasteiger partial charge in [-0.15, -0.1) is 0 Å². The fraction of sp³-hybridized carbons (Fsp3) is 0.0909. The maximum absolute atomic E-state index is 12.5. The van der Waals surface area contributed by atoms with Crippen molar-refractivity contribution in [3.8, 4) is 17.0 Å². The van der Waals surface area contributed by atoms with Crippen molar-refractivity contribution in [2.45, 2.75) is 6.61 Å². The van der Waals surface area contributed by atoms with Crippen molar-refractivity contribution in [2.24, 2.45) is 0 Å². The molecule has 2 heterocycles. The largest absolute Gasteiger partial charge is 0.434 e. The molecule has 1 N–H and O–H groups in total. The van der Waals surface area contributed by atoms with Crippen molar-refractivity contribution in [2.75, 3.05) is 0 Å². The number of benzene rings is 1. The summed E-state index contributed by atoms with van der Waals surface area (Å²) in [5.74, 6) is -0.176. The van der Waals surface area contributed by atoms with Gasteiger partial charge in [0.25, 0.3) is 0 Å². The third-order valence-electron chi connectivity index (χ3n) is 2.76. The average molecular weight is 312 g/mol. The molecule has 0 saturated heterocycles. The second-order valence-electron chi connectivity index (χ2n) is 3.98. The van der Waals surface area contributed by atoms with Crippen LogP contribution in [0.25, 0.3) is 21.3 Å². The van der Waals surface area contributed by atoms with E-state index in [1.54, 1.807) is 0 Å². The molecule has 0 unspecified atom stereocenters. The Kier molecular flexibility index (Phi) is 3.22. The molecule has 0 radical (unpaired) electrons. The van der Waals surface area contributed by atoms with E-state index in [-0.39, 0.29) is 22.7 Å². The second kappa shape index (κ2) is 5.05. The van der Waals surface area contributed by atoms with Crippen LogP contribution in [-0.4, -0.2) is 26.1 Å². The van der Waals surface area contributed by atoms with Crippen LogP contribution in [0.5, 0.6) is 5.75 Å². The van der Waals surface area contributed by atoms with E-state index in [0.29, 0.717) is 10.1 Å². The Morgan fingerprint density at radius 2 is 2.19 bits per heavy atom.